The normalized spacial score (nSPS) is 11.1. The predicted molar refractivity (Wildman–Crippen MR) is 73.2 cm³/mol. The van der Waals surface area contributed by atoms with Crippen molar-refractivity contribution >= 4 is 23.3 Å². The predicted octanol–water partition coefficient (Wildman–Crippen LogP) is 2.29. The molecule has 0 atom stereocenters. The lowest BCUT2D eigenvalue weighted by atomic mass is 10.1. The molecular formula is C11H22N4S. The first kappa shape index (κ1) is 13.2. The number of rotatable bonds is 6. The van der Waals surface area contributed by atoms with Crippen LogP contribution in [0.1, 0.15) is 31.9 Å². The Morgan fingerprint density at radius 2 is 2.19 bits per heavy atom. The highest BCUT2D eigenvalue weighted by molar-refractivity contribution is 7.98. The van der Waals surface area contributed by atoms with Crippen molar-refractivity contribution in [2.45, 2.75) is 26.2 Å². The molecule has 16 heavy (non-hydrogen) atoms. The van der Waals surface area contributed by atoms with Gasteiger partial charge in [0.1, 0.15) is 5.82 Å². The number of aryl methyl sites for hydroxylation is 1. The second-order valence-corrected chi connectivity index (χ2v) is 5.18. The molecule has 4 nitrogen and oxygen atoms in total. The van der Waals surface area contributed by atoms with Gasteiger partial charge >= 0.3 is 0 Å². The molecule has 1 heterocycles. The van der Waals surface area contributed by atoms with E-state index in [0.29, 0.717) is 5.92 Å². The SMILES string of the molecule is CSCCCNc1c(N)c(C(C)C)nn1C. The van der Waals surface area contributed by atoms with Crippen molar-refractivity contribution in [1.82, 2.24) is 9.78 Å². The molecule has 0 saturated heterocycles. The van der Waals surface area contributed by atoms with Crippen molar-refractivity contribution in [2.24, 2.45) is 7.05 Å². The fraction of sp³-hybridized carbons (Fsp3) is 0.727. The largest absolute Gasteiger partial charge is 0.394 e. The molecule has 0 bridgehead atoms. The fourth-order valence-electron chi connectivity index (χ4n) is 1.62. The average molecular weight is 242 g/mol. The van der Waals surface area contributed by atoms with E-state index in [1.165, 1.54) is 5.75 Å². The minimum absolute atomic E-state index is 0.368. The zero-order valence-electron chi connectivity index (χ0n) is 10.6. The molecule has 92 valence electrons. The summed E-state index contributed by atoms with van der Waals surface area (Å²) < 4.78 is 1.84. The highest BCUT2D eigenvalue weighted by Crippen LogP contribution is 2.27. The summed E-state index contributed by atoms with van der Waals surface area (Å²) in [5, 5.41) is 7.79. The molecule has 5 heteroatoms. The Hall–Kier alpha value is -0.840. The Balaban J connectivity index is 2.65. The van der Waals surface area contributed by atoms with Crippen molar-refractivity contribution in [3.63, 3.8) is 0 Å². The second-order valence-electron chi connectivity index (χ2n) is 4.20. The van der Waals surface area contributed by atoms with Crippen LogP contribution in [0.5, 0.6) is 0 Å². The summed E-state index contributed by atoms with van der Waals surface area (Å²) in [6.07, 6.45) is 3.26. The monoisotopic (exact) mass is 242 g/mol. The van der Waals surface area contributed by atoms with Gasteiger partial charge in [-0.05, 0) is 24.3 Å². The van der Waals surface area contributed by atoms with E-state index >= 15 is 0 Å². The van der Waals surface area contributed by atoms with E-state index in [2.05, 4.69) is 30.5 Å². The lowest BCUT2D eigenvalue weighted by Gasteiger charge is -2.07. The van der Waals surface area contributed by atoms with E-state index in [0.717, 1.165) is 30.2 Å². The zero-order valence-corrected chi connectivity index (χ0v) is 11.4. The maximum atomic E-state index is 6.07. The highest BCUT2D eigenvalue weighted by atomic mass is 32.2. The van der Waals surface area contributed by atoms with Gasteiger partial charge in [-0.3, -0.25) is 4.68 Å². The molecule has 0 spiro atoms. The number of thioether (sulfide) groups is 1. The van der Waals surface area contributed by atoms with Crippen molar-refractivity contribution in [2.75, 3.05) is 29.6 Å². The third kappa shape index (κ3) is 3.07. The van der Waals surface area contributed by atoms with E-state index in [-0.39, 0.29) is 0 Å². The topological polar surface area (TPSA) is 55.9 Å². The van der Waals surface area contributed by atoms with Crippen molar-refractivity contribution < 1.29 is 0 Å². The number of anilines is 2. The second kappa shape index (κ2) is 6.03. The van der Waals surface area contributed by atoms with Crippen LogP contribution in [-0.4, -0.2) is 28.3 Å². The van der Waals surface area contributed by atoms with Crippen LogP contribution in [0.3, 0.4) is 0 Å². The molecule has 0 amide bonds. The summed E-state index contributed by atoms with van der Waals surface area (Å²) in [5.41, 5.74) is 7.84. The third-order valence-electron chi connectivity index (χ3n) is 2.48. The summed E-state index contributed by atoms with van der Waals surface area (Å²) in [6, 6.07) is 0. The quantitative estimate of drug-likeness (QED) is 0.752. The summed E-state index contributed by atoms with van der Waals surface area (Å²) in [6.45, 7) is 5.16. The van der Waals surface area contributed by atoms with Gasteiger partial charge in [0.25, 0.3) is 0 Å². The molecule has 0 fully saturated rings. The number of nitrogens with two attached hydrogens (primary N) is 1. The summed E-state index contributed by atoms with van der Waals surface area (Å²) in [5.74, 6) is 2.49. The molecule has 0 aromatic carbocycles. The van der Waals surface area contributed by atoms with Gasteiger partial charge in [-0.1, -0.05) is 13.8 Å². The average Bonchev–Trinajstić information content (AvgIpc) is 2.51. The van der Waals surface area contributed by atoms with Crippen LogP contribution in [0.2, 0.25) is 0 Å². The molecule has 0 aliphatic carbocycles. The van der Waals surface area contributed by atoms with Crippen LogP contribution in [0.15, 0.2) is 0 Å². The summed E-state index contributed by atoms with van der Waals surface area (Å²) >= 11 is 1.86. The minimum atomic E-state index is 0.368. The highest BCUT2D eigenvalue weighted by Gasteiger charge is 2.14. The molecule has 1 aromatic rings. The summed E-state index contributed by atoms with van der Waals surface area (Å²) in [7, 11) is 1.93. The molecule has 0 aliphatic rings. The number of nitrogen functional groups attached to an aromatic ring is 1. The van der Waals surface area contributed by atoms with E-state index in [4.69, 9.17) is 5.73 Å². The number of nitrogens with one attached hydrogen (secondary N) is 1. The van der Waals surface area contributed by atoms with Gasteiger partial charge in [0.05, 0.1) is 11.4 Å². The molecule has 0 aliphatic heterocycles. The molecule has 0 unspecified atom stereocenters. The van der Waals surface area contributed by atoms with E-state index < -0.39 is 0 Å². The number of hydrogen-bond acceptors (Lipinski definition) is 4. The van der Waals surface area contributed by atoms with Crippen molar-refractivity contribution in [1.29, 1.82) is 0 Å². The van der Waals surface area contributed by atoms with E-state index in [9.17, 15) is 0 Å². The van der Waals surface area contributed by atoms with Gasteiger partial charge in [0, 0.05) is 13.6 Å². The molecule has 1 aromatic heterocycles. The lowest BCUT2D eigenvalue weighted by molar-refractivity contribution is 0.714. The number of nitrogens with zero attached hydrogens (tertiary/aromatic N) is 2. The Labute approximate surface area is 102 Å². The van der Waals surface area contributed by atoms with Crippen LogP contribution in [0.4, 0.5) is 11.5 Å². The molecule has 0 radical (unpaired) electrons. The number of aromatic nitrogens is 2. The van der Waals surface area contributed by atoms with Crippen molar-refractivity contribution in [3.8, 4) is 0 Å². The first-order chi connectivity index (χ1) is 7.57. The Morgan fingerprint density at radius 1 is 1.50 bits per heavy atom. The Bertz CT molecular complexity index is 333. The van der Waals surface area contributed by atoms with Gasteiger partial charge in [0.15, 0.2) is 0 Å². The van der Waals surface area contributed by atoms with Gasteiger partial charge < -0.3 is 11.1 Å². The Morgan fingerprint density at radius 3 is 2.69 bits per heavy atom. The maximum Gasteiger partial charge on any atom is 0.147 e. The van der Waals surface area contributed by atoms with Gasteiger partial charge in [-0.15, -0.1) is 0 Å². The van der Waals surface area contributed by atoms with Gasteiger partial charge in [0.2, 0.25) is 0 Å². The standard InChI is InChI=1S/C11H22N4S/c1-8(2)10-9(12)11(15(3)14-10)13-6-5-7-16-4/h8,13H,5-7,12H2,1-4H3. The van der Waals surface area contributed by atoms with Crippen LogP contribution < -0.4 is 11.1 Å². The molecule has 3 N–H and O–H groups in total. The third-order valence-corrected chi connectivity index (χ3v) is 3.17. The summed E-state index contributed by atoms with van der Waals surface area (Å²) in [4.78, 5) is 0. The van der Waals surface area contributed by atoms with E-state index in [1.54, 1.807) is 0 Å². The van der Waals surface area contributed by atoms with Gasteiger partial charge in [-0.2, -0.15) is 16.9 Å². The van der Waals surface area contributed by atoms with Crippen LogP contribution in [0, 0.1) is 0 Å². The zero-order chi connectivity index (χ0) is 12.1. The van der Waals surface area contributed by atoms with Gasteiger partial charge in [-0.25, -0.2) is 0 Å². The Kier molecular flexibility index (Phi) is 4.99. The van der Waals surface area contributed by atoms with Crippen LogP contribution in [0.25, 0.3) is 0 Å². The van der Waals surface area contributed by atoms with E-state index in [1.807, 2.05) is 23.5 Å². The molecule has 1 rings (SSSR count). The molecular weight excluding hydrogens is 220 g/mol. The van der Waals surface area contributed by atoms with Crippen LogP contribution in [-0.2, 0) is 7.05 Å². The maximum absolute atomic E-state index is 6.07. The van der Waals surface area contributed by atoms with Crippen LogP contribution >= 0.6 is 11.8 Å². The smallest absolute Gasteiger partial charge is 0.147 e. The lowest BCUT2D eigenvalue weighted by Crippen LogP contribution is -2.08. The first-order valence-electron chi connectivity index (χ1n) is 5.63. The fourth-order valence-corrected chi connectivity index (χ4v) is 2.05. The van der Waals surface area contributed by atoms with Crippen molar-refractivity contribution in [3.05, 3.63) is 5.69 Å². The molecule has 0 saturated carbocycles. The minimum Gasteiger partial charge on any atom is -0.394 e. The first-order valence-corrected chi connectivity index (χ1v) is 7.02. The number of hydrogen-bond donors (Lipinski definition) is 2.